The number of carbonyl (C=O) groups excluding carboxylic acids is 3. The van der Waals surface area contributed by atoms with Crippen LogP contribution in [0.1, 0.15) is 120 Å². The molecule has 0 aromatic heterocycles. The van der Waals surface area contributed by atoms with Gasteiger partial charge in [-0.3, -0.25) is 18.4 Å². The number of anilines is 2. The fourth-order valence-electron chi connectivity index (χ4n) is 8.40. The largest absolute Gasteiger partial charge is 0.478 e. The Labute approximate surface area is 682 Å². The number of aromatic carboxylic acids is 1. The van der Waals surface area contributed by atoms with Crippen LogP contribution in [0, 0.1) is 19.1 Å². The summed E-state index contributed by atoms with van der Waals surface area (Å²) in [5, 5.41) is 25.0. The summed E-state index contributed by atoms with van der Waals surface area (Å²) in [6.45, 7) is 27.9. The van der Waals surface area contributed by atoms with Gasteiger partial charge in [0.2, 0.25) is 0 Å². The van der Waals surface area contributed by atoms with E-state index in [4.69, 9.17) is 61.8 Å². The number of amides is 3. The molecule has 5 unspecified atom stereocenters. The molecule has 0 saturated carbocycles. The molecule has 0 bridgehead atoms. The minimum Gasteiger partial charge on any atom is -0.478 e. The van der Waals surface area contributed by atoms with E-state index in [2.05, 4.69) is 99.8 Å². The Bertz CT molecular complexity index is 4730. The van der Waals surface area contributed by atoms with E-state index in [1.807, 2.05) is 95.7 Å². The average molecular weight is 1720 g/mol. The van der Waals surface area contributed by atoms with Crippen LogP contribution in [0.5, 0.6) is 0 Å². The zero-order chi connectivity index (χ0) is 86.4. The summed E-state index contributed by atoms with van der Waals surface area (Å²) >= 11 is 0. The normalized spacial score (nSPS) is 13.7. The van der Waals surface area contributed by atoms with Crippen molar-refractivity contribution in [2.45, 2.75) is 142 Å². The summed E-state index contributed by atoms with van der Waals surface area (Å²) < 4.78 is 97.3. The summed E-state index contributed by atoms with van der Waals surface area (Å²) in [6, 6.07) is 47.4. The van der Waals surface area contributed by atoms with Crippen molar-refractivity contribution in [2.75, 3.05) is 96.0 Å². The maximum absolute atomic E-state index is 12.9. The highest BCUT2D eigenvalue weighted by atomic mass is 35.7. The molecule has 7 aromatic carbocycles. The predicted octanol–water partition coefficient (Wildman–Crippen LogP) is 14.5. The number of rotatable bonds is 18. The van der Waals surface area contributed by atoms with Crippen molar-refractivity contribution in [2.24, 2.45) is 19.4 Å². The molecule has 0 spiro atoms. The first kappa shape index (κ1) is 107. The molecule has 0 radical (unpaired) electrons. The number of nitrogens with zero attached hydrogens (tertiary/aromatic N) is 7. The minimum atomic E-state index is -3.28. The molecule has 3 amide bonds. The third-order valence-electron chi connectivity index (χ3n) is 16.0. The number of hydrogen-bond donors (Lipinski definition) is 11. The second kappa shape index (κ2) is 46.8. The molecule has 7 rings (SSSR count). The van der Waals surface area contributed by atoms with Gasteiger partial charge in [-0.1, -0.05) is 136 Å². The summed E-state index contributed by atoms with van der Waals surface area (Å²) in [7, 11) is 7.72. The topological polar surface area (TPSA) is 443 Å². The van der Waals surface area contributed by atoms with Crippen molar-refractivity contribution >= 4 is 123 Å². The summed E-state index contributed by atoms with van der Waals surface area (Å²) in [4.78, 5) is 57.1. The second-order valence-electron chi connectivity index (χ2n) is 30.3. The van der Waals surface area contributed by atoms with E-state index in [0.717, 1.165) is 36.3 Å². The van der Waals surface area contributed by atoms with E-state index in [-0.39, 0.29) is 55.6 Å². The Morgan fingerprint density at radius 2 is 0.723 bits per heavy atom. The van der Waals surface area contributed by atoms with Crippen LogP contribution < -0.4 is 31.3 Å². The van der Waals surface area contributed by atoms with Gasteiger partial charge in [-0.25, -0.2) is 64.8 Å². The van der Waals surface area contributed by atoms with Crippen LogP contribution in [-0.4, -0.2) is 180 Å². The van der Waals surface area contributed by atoms with E-state index in [1.165, 1.54) is 57.5 Å². The van der Waals surface area contributed by atoms with Crippen molar-refractivity contribution in [3.8, 4) is 0 Å². The third kappa shape index (κ3) is 40.0. The van der Waals surface area contributed by atoms with Gasteiger partial charge in [0.25, 0.3) is 17.7 Å². The summed E-state index contributed by atoms with van der Waals surface area (Å²) in [6.07, 6.45) is 1.25. The number of nitrogens with one attached hydrogen (secondary N) is 5. The van der Waals surface area contributed by atoms with Crippen molar-refractivity contribution in [1.29, 1.82) is 19.1 Å². The number of benzene rings is 7. The van der Waals surface area contributed by atoms with Crippen LogP contribution >= 0.6 is 23.1 Å². The number of nitrogen functional groups attached to an aromatic ring is 2. The molecule has 27 nitrogen and oxygen atoms in total. The predicted molar refractivity (Wildman–Crippen MR) is 472 cm³/mol. The standard InChI is InChI=1S/2C15H29N3OSSi.C9H11ClN2O2S.C9H13N3O2S.C9H15N3OS.C9H12N2O.C7H7NO2.C3H8.ClH/c2*1-15(2,3)21(6,7)17-20(16,19)14-10-8-9-13(11-14)12-18(4)5;2*1-12(2)9(13)7-4-3-5-8(6-7)15(10,11)14;1-12(2)7-8-4-3-5-9(6-8)14(10,11)13;1-11(2)9(12)7-4-3-5-8(10)6-7;8-6-3-1-2-5(4-6)7(9)10;1-3-2;/h2*8-11H,12H2,1-7H3,(H2,16,17,19);3-6,11H,1-2H3;3-6H,1-2H3,(H3,10,11,14);3-6H,7H2,1-2H3,(H3,10,11,13);3-6H,10H2,1-2H3;1-4H,8H2,(H,9,10);3H2,1-2H3;1H. The SMILES string of the molecule is CCC.CN(C)C(=O)c1cccc(N)c1.CN(C)C(=O)c1cccc(S(=N)(=O)Cl)c1.CN(C)C(=O)c1cccc(S(=N)(N)=O)c1.CN(C)Cc1cccc(S(=N)(=O)N[Si](C)(C)C(C)(C)C)c1.CN(C)Cc1cccc(S(=N)(N)=O)c1.CN(C)Cc1cccc(S(N)(=O)=N[Si](C)(C)C(C)(C)C)c1.Cl.Nc1cccc(C(=O)O)c1. The van der Waals surface area contributed by atoms with E-state index < -0.39 is 71.0 Å². The fourth-order valence-corrected chi connectivity index (χ4v) is 20.4. The van der Waals surface area contributed by atoms with Gasteiger partial charge in [-0.15, -0.1) is 12.4 Å². The lowest BCUT2D eigenvalue weighted by Crippen LogP contribution is -2.54. The Morgan fingerprint density at radius 3 is 1.03 bits per heavy atom. The highest BCUT2D eigenvalue weighted by Gasteiger charge is 2.39. The molecule has 7 aromatic rings. The number of hydrogen-bond acceptors (Lipinski definition) is 19. The fraction of sp³-hybridized carbons (Fsp3) is 0.395. The monoisotopic (exact) mass is 1720 g/mol. The maximum Gasteiger partial charge on any atom is 0.335 e. The molecule has 626 valence electrons. The van der Waals surface area contributed by atoms with Gasteiger partial charge in [0.05, 0.1) is 30.0 Å². The Balaban J connectivity index is 0. The van der Waals surface area contributed by atoms with Crippen molar-refractivity contribution in [3.63, 3.8) is 0 Å². The molecule has 0 saturated heterocycles. The lowest BCUT2D eigenvalue weighted by molar-refractivity contribution is 0.0695. The zero-order valence-corrected chi connectivity index (χ0v) is 77.1. The van der Waals surface area contributed by atoms with E-state index in [0.29, 0.717) is 42.8 Å². The average Bonchev–Trinajstić information content (AvgIpc) is 0.796. The Kier molecular flexibility index (Phi) is 44.5. The minimum absolute atomic E-state index is 0. The first-order chi connectivity index (χ1) is 50.5. The lowest BCUT2D eigenvalue weighted by Gasteiger charge is -2.37. The van der Waals surface area contributed by atoms with Crippen LogP contribution in [0.2, 0.25) is 36.3 Å². The second-order valence-corrected chi connectivity index (χ2v) is 50.5. The Hall–Kier alpha value is -7.50. The van der Waals surface area contributed by atoms with Gasteiger partial charge in [-0.2, -0.15) is 0 Å². The van der Waals surface area contributed by atoms with Crippen LogP contribution in [0.3, 0.4) is 0 Å². The van der Waals surface area contributed by atoms with Crippen LogP contribution in [-0.2, 0) is 68.2 Å². The molecule has 0 aliphatic heterocycles. The molecule has 16 N–H and O–H groups in total. The highest BCUT2D eigenvalue weighted by Crippen LogP contribution is 2.38. The van der Waals surface area contributed by atoms with Gasteiger partial charge < -0.3 is 46.0 Å². The number of carbonyl (C=O) groups is 4. The van der Waals surface area contributed by atoms with Crippen LogP contribution in [0.15, 0.2) is 198 Å². The molecule has 0 aliphatic carbocycles. The zero-order valence-electron chi connectivity index (χ0n) is 69.5. The molecule has 112 heavy (non-hydrogen) atoms. The first-order valence-electron chi connectivity index (χ1n) is 34.7. The van der Waals surface area contributed by atoms with Gasteiger partial charge in [0.15, 0.2) is 17.2 Å². The van der Waals surface area contributed by atoms with Crippen molar-refractivity contribution < 1.29 is 45.3 Å². The molecular formula is C76H125Cl2N17O10S5Si2. The van der Waals surface area contributed by atoms with Gasteiger partial charge in [0, 0.05) is 101 Å². The Morgan fingerprint density at radius 1 is 0.446 bits per heavy atom. The number of carboxylic acids is 1. The van der Waals surface area contributed by atoms with E-state index >= 15 is 0 Å². The number of nitrogens with two attached hydrogens (primary N) is 5. The van der Waals surface area contributed by atoms with Crippen molar-refractivity contribution in [3.05, 3.63) is 209 Å². The quantitative estimate of drug-likeness (QED) is 0.0216. The lowest BCUT2D eigenvalue weighted by atomic mass is 10.2. The van der Waals surface area contributed by atoms with Crippen molar-refractivity contribution in [1.82, 2.24) is 33.8 Å². The van der Waals surface area contributed by atoms with E-state index in [1.54, 1.807) is 127 Å². The van der Waals surface area contributed by atoms with Gasteiger partial charge in [-0.05, 0) is 191 Å². The summed E-state index contributed by atoms with van der Waals surface area (Å²) in [5.74, 6) is -1.40. The molecular weight excluding hydrogens is 1600 g/mol. The molecule has 0 aliphatic rings. The third-order valence-corrected chi connectivity index (χ3v) is 34.7. The van der Waals surface area contributed by atoms with Gasteiger partial charge in [0.1, 0.15) is 47.9 Å². The van der Waals surface area contributed by atoms with E-state index in [9.17, 15) is 40.2 Å². The molecule has 0 fully saturated rings. The summed E-state index contributed by atoms with van der Waals surface area (Å²) in [5.41, 5.74) is 16.7. The smallest absolute Gasteiger partial charge is 0.335 e. The first-order valence-corrected chi connectivity index (χ1v) is 49.4. The molecule has 36 heteroatoms. The van der Waals surface area contributed by atoms with Gasteiger partial charge >= 0.3 is 5.97 Å². The molecule has 5 atom stereocenters. The van der Waals surface area contributed by atoms with Crippen LogP contribution in [0.25, 0.3) is 0 Å². The van der Waals surface area contributed by atoms with Crippen LogP contribution in [0.4, 0.5) is 11.4 Å². The highest BCUT2D eigenvalue weighted by molar-refractivity contribution is 8.14. The molecule has 0 heterocycles. The maximum atomic E-state index is 12.9. The number of carboxylic acid groups (broad SMARTS) is 1. The number of halogens is 2.